The highest BCUT2D eigenvalue weighted by Crippen LogP contribution is 2.26. The molecular weight excluding hydrogens is 388 g/mol. The van der Waals surface area contributed by atoms with E-state index in [0.29, 0.717) is 12.6 Å². The van der Waals surface area contributed by atoms with Crippen molar-refractivity contribution in [3.05, 3.63) is 65.7 Å². The predicted molar refractivity (Wildman–Crippen MR) is 123 cm³/mol. The average Bonchev–Trinajstić information content (AvgIpc) is 3.60. The number of nitrogens with zero attached hydrogens (tertiary/aromatic N) is 2. The van der Waals surface area contributed by atoms with Crippen LogP contribution in [0.4, 0.5) is 5.69 Å². The Bertz CT molecular complexity index is 889. The highest BCUT2D eigenvalue weighted by atomic mass is 16.2. The molecule has 4 rings (SSSR count). The van der Waals surface area contributed by atoms with Gasteiger partial charge in [-0.3, -0.25) is 19.4 Å². The van der Waals surface area contributed by atoms with Crippen LogP contribution in [0.25, 0.3) is 0 Å². The third-order valence-electron chi connectivity index (χ3n) is 6.10. The molecule has 0 aromatic heterocycles. The van der Waals surface area contributed by atoms with Crippen LogP contribution in [0, 0.1) is 0 Å². The Labute approximate surface area is 184 Å². The van der Waals surface area contributed by atoms with Crippen LogP contribution in [0.1, 0.15) is 36.9 Å². The van der Waals surface area contributed by atoms with Gasteiger partial charge in [-0.2, -0.15) is 0 Å². The molecule has 6 nitrogen and oxygen atoms in total. The molecule has 1 atom stereocenters. The standard InChI is InChI=1S/C25H32N4O2/c1-2-19-8-6-7-11-22(19)27-23(30)18-28-14-16-29(17-15-28)24(20-9-4-3-5-10-20)25(31)26-21-12-13-21/h3-11,21,24H,2,12-18H2,1H3,(H,26,31)(H,27,30)/t24-/m1/s1. The normalized spacial score (nSPS) is 18.4. The molecule has 164 valence electrons. The number of piperazine rings is 1. The summed E-state index contributed by atoms with van der Waals surface area (Å²) in [5.41, 5.74) is 3.07. The first-order valence-electron chi connectivity index (χ1n) is 11.3. The summed E-state index contributed by atoms with van der Waals surface area (Å²) >= 11 is 0. The molecule has 1 aliphatic carbocycles. The summed E-state index contributed by atoms with van der Waals surface area (Å²) in [7, 11) is 0. The van der Waals surface area contributed by atoms with E-state index in [2.05, 4.69) is 27.4 Å². The predicted octanol–water partition coefficient (Wildman–Crippen LogP) is 2.83. The van der Waals surface area contributed by atoms with Gasteiger partial charge in [0.25, 0.3) is 0 Å². The number of aryl methyl sites for hydroxylation is 1. The number of anilines is 1. The van der Waals surface area contributed by atoms with Crippen molar-refractivity contribution >= 4 is 17.5 Å². The van der Waals surface area contributed by atoms with Gasteiger partial charge < -0.3 is 10.6 Å². The highest BCUT2D eigenvalue weighted by molar-refractivity contribution is 5.93. The lowest BCUT2D eigenvalue weighted by Gasteiger charge is -2.38. The van der Waals surface area contributed by atoms with Crippen molar-refractivity contribution in [2.75, 3.05) is 38.0 Å². The molecule has 2 fully saturated rings. The van der Waals surface area contributed by atoms with Crippen molar-refractivity contribution in [3.63, 3.8) is 0 Å². The minimum Gasteiger partial charge on any atom is -0.352 e. The van der Waals surface area contributed by atoms with Crippen molar-refractivity contribution in [2.24, 2.45) is 0 Å². The minimum absolute atomic E-state index is 0.0143. The largest absolute Gasteiger partial charge is 0.352 e. The van der Waals surface area contributed by atoms with E-state index in [0.717, 1.165) is 62.3 Å². The van der Waals surface area contributed by atoms with E-state index >= 15 is 0 Å². The van der Waals surface area contributed by atoms with Crippen LogP contribution in [-0.4, -0.2) is 60.4 Å². The summed E-state index contributed by atoms with van der Waals surface area (Å²) in [5.74, 6) is 0.108. The number of nitrogens with one attached hydrogen (secondary N) is 2. The smallest absolute Gasteiger partial charge is 0.242 e. The fourth-order valence-corrected chi connectivity index (χ4v) is 4.19. The van der Waals surface area contributed by atoms with Crippen LogP contribution in [0.5, 0.6) is 0 Å². The number of hydrogen-bond donors (Lipinski definition) is 2. The van der Waals surface area contributed by atoms with Crippen molar-refractivity contribution in [1.29, 1.82) is 0 Å². The number of rotatable bonds is 8. The average molecular weight is 421 g/mol. The quantitative estimate of drug-likeness (QED) is 0.689. The topological polar surface area (TPSA) is 64.7 Å². The van der Waals surface area contributed by atoms with E-state index in [9.17, 15) is 9.59 Å². The molecule has 2 N–H and O–H groups in total. The second-order valence-electron chi connectivity index (χ2n) is 8.47. The summed E-state index contributed by atoms with van der Waals surface area (Å²) in [4.78, 5) is 30.0. The first-order chi connectivity index (χ1) is 15.1. The summed E-state index contributed by atoms with van der Waals surface area (Å²) < 4.78 is 0. The maximum Gasteiger partial charge on any atom is 0.242 e. The second kappa shape index (κ2) is 10.1. The van der Waals surface area contributed by atoms with Crippen molar-refractivity contribution < 1.29 is 9.59 Å². The lowest BCUT2D eigenvalue weighted by atomic mass is 10.0. The molecule has 2 amide bonds. The molecule has 0 bridgehead atoms. The van der Waals surface area contributed by atoms with Gasteiger partial charge >= 0.3 is 0 Å². The summed E-state index contributed by atoms with van der Waals surface area (Å²) in [6.45, 7) is 5.52. The first kappa shape index (κ1) is 21.5. The zero-order chi connectivity index (χ0) is 21.6. The molecule has 1 saturated heterocycles. The third kappa shape index (κ3) is 5.71. The van der Waals surface area contributed by atoms with E-state index in [1.54, 1.807) is 0 Å². The van der Waals surface area contributed by atoms with Gasteiger partial charge in [-0.25, -0.2) is 0 Å². The monoisotopic (exact) mass is 420 g/mol. The van der Waals surface area contributed by atoms with E-state index in [-0.39, 0.29) is 17.9 Å². The maximum absolute atomic E-state index is 13.0. The van der Waals surface area contributed by atoms with Gasteiger partial charge in [0, 0.05) is 37.9 Å². The molecule has 2 aliphatic rings. The van der Waals surface area contributed by atoms with Crippen LogP contribution in [0.15, 0.2) is 54.6 Å². The third-order valence-corrected chi connectivity index (χ3v) is 6.10. The van der Waals surface area contributed by atoms with Crippen LogP contribution in [-0.2, 0) is 16.0 Å². The number of amides is 2. The van der Waals surface area contributed by atoms with E-state index in [1.165, 1.54) is 0 Å². The summed E-state index contributed by atoms with van der Waals surface area (Å²) in [5, 5.41) is 6.23. The molecule has 0 spiro atoms. The Kier molecular flexibility index (Phi) is 6.99. The Hall–Kier alpha value is -2.70. The van der Waals surface area contributed by atoms with Crippen molar-refractivity contribution in [1.82, 2.24) is 15.1 Å². The molecule has 1 heterocycles. The Morgan fingerprint density at radius 3 is 2.32 bits per heavy atom. The lowest BCUT2D eigenvalue weighted by molar-refractivity contribution is -0.128. The van der Waals surface area contributed by atoms with Crippen molar-refractivity contribution in [2.45, 2.75) is 38.3 Å². The Morgan fingerprint density at radius 2 is 1.65 bits per heavy atom. The van der Waals surface area contributed by atoms with Gasteiger partial charge in [-0.05, 0) is 36.5 Å². The number of benzene rings is 2. The molecule has 1 saturated carbocycles. The first-order valence-corrected chi connectivity index (χ1v) is 11.3. The van der Waals surface area contributed by atoms with Gasteiger partial charge in [0.15, 0.2) is 0 Å². The lowest BCUT2D eigenvalue weighted by Crippen LogP contribution is -2.52. The van der Waals surface area contributed by atoms with Gasteiger partial charge in [-0.1, -0.05) is 55.5 Å². The Morgan fingerprint density at radius 1 is 0.968 bits per heavy atom. The van der Waals surface area contributed by atoms with Gasteiger partial charge in [0.05, 0.1) is 6.54 Å². The maximum atomic E-state index is 13.0. The number of carbonyl (C=O) groups excluding carboxylic acids is 2. The minimum atomic E-state index is -0.269. The molecular formula is C25H32N4O2. The number of carbonyl (C=O) groups is 2. The molecule has 0 unspecified atom stereocenters. The SMILES string of the molecule is CCc1ccccc1NC(=O)CN1CCN([C@@H](C(=O)NC2CC2)c2ccccc2)CC1. The molecule has 2 aromatic rings. The van der Waals surface area contributed by atoms with Gasteiger partial charge in [0.2, 0.25) is 11.8 Å². The highest BCUT2D eigenvalue weighted by Gasteiger charge is 2.33. The van der Waals surface area contributed by atoms with Crippen molar-refractivity contribution in [3.8, 4) is 0 Å². The second-order valence-corrected chi connectivity index (χ2v) is 8.47. The summed E-state index contributed by atoms with van der Waals surface area (Å²) in [6, 6.07) is 18.0. The summed E-state index contributed by atoms with van der Waals surface area (Å²) in [6.07, 6.45) is 3.05. The van der Waals surface area contributed by atoms with Gasteiger partial charge in [-0.15, -0.1) is 0 Å². The number of hydrogen-bond acceptors (Lipinski definition) is 4. The number of para-hydroxylation sites is 1. The fraction of sp³-hybridized carbons (Fsp3) is 0.440. The molecule has 1 aliphatic heterocycles. The Balaban J connectivity index is 1.34. The van der Waals surface area contributed by atoms with Crippen LogP contribution >= 0.6 is 0 Å². The molecule has 6 heteroatoms. The van der Waals surface area contributed by atoms with E-state index in [4.69, 9.17) is 0 Å². The van der Waals surface area contributed by atoms with Crippen LogP contribution in [0.3, 0.4) is 0 Å². The van der Waals surface area contributed by atoms with Gasteiger partial charge in [0.1, 0.15) is 6.04 Å². The van der Waals surface area contributed by atoms with Crippen LogP contribution in [0.2, 0.25) is 0 Å². The fourth-order valence-electron chi connectivity index (χ4n) is 4.19. The van der Waals surface area contributed by atoms with E-state index in [1.807, 2.05) is 54.6 Å². The zero-order valence-corrected chi connectivity index (χ0v) is 18.2. The van der Waals surface area contributed by atoms with Crippen LogP contribution < -0.4 is 10.6 Å². The van der Waals surface area contributed by atoms with E-state index < -0.39 is 0 Å². The zero-order valence-electron chi connectivity index (χ0n) is 18.2. The molecule has 2 aromatic carbocycles. The molecule has 0 radical (unpaired) electrons. The molecule has 31 heavy (non-hydrogen) atoms.